The van der Waals surface area contributed by atoms with Crippen LogP contribution < -0.4 is 5.32 Å². The zero-order chi connectivity index (χ0) is 35.8. The number of nitrogens with one attached hydrogen (secondary N) is 3. The van der Waals surface area contributed by atoms with Gasteiger partial charge in [-0.05, 0) is 77.5 Å². The number of amides is 3. The summed E-state index contributed by atoms with van der Waals surface area (Å²) in [6.07, 6.45) is 5.85. The van der Waals surface area contributed by atoms with E-state index in [4.69, 9.17) is 9.72 Å². The van der Waals surface area contributed by atoms with Gasteiger partial charge in [-0.2, -0.15) is 0 Å². The molecule has 3 amide bonds. The zero-order valence-corrected chi connectivity index (χ0v) is 29.2. The van der Waals surface area contributed by atoms with Gasteiger partial charge < -0.3 is 30.0 Å². The number of rotatable bonds is 8. The summed E-state index contributed by atoms with van der Waals surface area (Å²) in [5.74, 6) is 2.21. The molecule has 2 saturated carbocycles. The molecule has 3 unspecified atom stereocenters. The molecule has 4 heterocycles. The Bertz CT molecular complexity index is 2210. The normalized spacial score (nSPS) is 24.8. The number of carbonyl (C=O) groups excluding carboxylic acids is 2. The van der Waals surface area contributed by atoms with Crippen molar-refractivity contribution in [1.29, 1.82) is 0 Å². The predicted octanol–water partition coefficient (Wildman–Crippen LogP) is 7.14. The number of hydrogen-bond donors (Lipinski definition) is 4. The molecule has 0 radical (unpaired) electrons. The van der Waals surface area contributed by atoms with Crippen molar-refractivity contribution in [2.45, 2.75) is 69.7 Å². The number of aromatic amines is 2. The first-order valence-electron chi connectivity index (χ1n) is 18.1. The van der Waals surface area contributed by atoms with Crippen LogP contribution in [-0.2, 0) is 9.53 Å². The van der Waals surface area contributed by atoms with Crippen molar-refractivity contribution in [3.8, 4) is 33.6 Å². The monoisotopic (exact) mass is 699 g/mol. The smallest absolute Gasteiger partial charge is 0.408 e. The molecule has 4 fully saturated rings. The molecule has 2 aliphatic heterocycles. The van der Waals surface area contributed by atoms with Crippen LogP contribution in [0.1, 0.15) is 63.3 Å². The van der Waals surface area contributed by atoms with Crippen molar-refractivity contribution in [1.82, 2.24) is 35.1 Å². The maximum atomic E-state index is 13.7. The van der Waals surface area contributed by atoms with E-state index in [1.165, 1.54) is 7.11 Å². The number of alkyl carbamates (subject to hydrolysis) is 1. The van der Waals surface area contributed by atoms with Crippen LogP contribution in [0.5, 0.6) is 0 Å². The molecule has 7 atom stereocenters. The largest absolute Gasteiger partial charge is 0.465 e. The third-order valence-electron chi connectivity index (χ3n) is 11.6. The van der Waals surface area contributed by atoms with E-state index in [1.807, 2.05) is 24.9 Å². The Morgan fingerprint density at radius 2 is 1.44 bits per heavy atom. The number of carboxylic acid groups (broad SMARTS) is 1. The summed E-state index contributed by atoms with van der Waals surface area (Å²) in [6, 6.07) is 20.4. The number of hydrogen-bond acceptors (Lipinski definition) is 6. The highest BCUT2D eigenvalue weighted by Gasteiger charge is 2.57. The van der Waals surface area contributed by atoms with Crippen LogP contribution in [0.4, 0.5) is 9.59 Å². The van der Waals surface area contributed by atoms with Crippen LogP contribution in [0.15, 0.2) is 73.1 Å². The fraction of sp³-hybridized carbons (Fsp3) is 0.375. The lowest BCUT2D eigenvalue weighted by atomic mass is 9.98. The van der Waals surface area contributed by atoms with Gasteiger partial charge in [0, 0.05) is 29.4 Å². The number of piperidine rings is 2. The number of H-pyrrole nitrogens is 2. The predicted molar refractivity (Wildman–Crippen MR) is 194 cm³/mol. The highest BCUT2D eigenvalue weighted by Crippen LogP contribution is 2.54. The molecule has 2 aromatic heterocycles. The van der Waals surface area contributed by atoms with E-state index in [0.717, 1.165) is 75.9 Å². The number of fused-ring (bicyclic) bond motifs is 3. The van der Waals surface area contributed by atoms with Crippen molar-refractivity contribution in [2.24, 2.45) is 17.8 Å². The Balaban J connectivity index is 0.896. The molecule has 12 heteroatoms. The van der Waals surface area contributed by atoms with Crippen LogP contribution in [0.25, 0.3) is 44.4 Å². The summed E-state index contributed by atoms with van der Waals surface area (Å²) in [4.78, 5) is 57.4. The molecule has 266 valence electrons. The fourth-order valence-electron chi connectivity index (χ4n) is 8.59. The second kappa shape index (κ2) is 12.2. The number of imidazole rings is 2. The number of carbonyl (C=O) groups is 3. The third-order valence-corrected chi connectivity index (χ3v) is 11.6. The summed E-state index contributed by atoms with van der Waals surface area (Å²) < 4.78 is 4.79. The van der Waals surface area contributed by atoms with Gasteiger partial charge in [0.15, 0.2) is 0 Å². The quantitative estimate of drug-likeness (QED) is 0.134. The Hall–Kier alpha value is -5.65. The van der Waals surface area contributed by atoms with Crippen LogP contribution in [0, 0.1) is 17.8 Å². The summed E-state index contributed by atoms with van der Waals surface area (Å²) in [7, 11) is 1.30. The molecule has 52 heavy (non-hydrogen) atoms. The number of nitrogens with zero attached hydrogens (tertiary/aromatic N) is 4. The van der Waals surface area contributed by atoms with E-state index in [9.17, 15) is 19.5 Å². The molecule has 2 saturated heterocycles. The van der Waals surface area contributed by atoms with E-state index in [1.54, 1.807) is 11.1 Å². The average Bonchev–Trinajstić information content (AvgIpc) is 3.74. The first-order valence-corrected chi connectivity index (χ1v) is 18.1. The van der Waals surface area contributed by atoms with Crippen molar-refractivity contribution in [3.05, 3.63) is 84.7 Å². The topological polar surface area (TPSA) is 157 Å². The summed E-state index contributed by atoms with van der Waals surface area (Å²) in [6.45, 7) is 3.85. The Labute approximate surface area is 300 Å². The lowest BCUT2D eigenvalue weighted by Gasteiger charge is -2.31. The van der Waals surface area contributed by atoms with Gasteiger partial charge in [0.25, 0.3) is 0 Å². The van der Waals surface area contributed by atoms with Crippen LogP contribution in [0.3, 0.4) is 0 Å². The number of benzene rings is 3. The van der Waals surface area contributed by atoms with Gasteiger partial charge in [-0.25, -0.2) is 19.6 Å². The fourth-order valence-corrected chi connectivity index (χ4v) is 8.59. The summed E-state index contributed by atoms with van der Waals surface area (Å²) in [5, 5.41) is 14.7. The van der Waals surface area contributed by atoms with E-state index >= 15 is 0 Å². The van der Waals surface area contributed by atoms with Gasteiger partial charge in [-0.15, -0.1) is 0 Å². The van der Waals surface area contributed by atoms with Gasteiger partial charge in [0.1, 0.15) is 17.7 Å². The average molecular weight is 700 g/mol. The third kappa shape index (κ3) is 5.57. The Morgan fingerprint density at radius 1 is 0.827 bits per heavy atom. The highest BCUT2D eigenvalue weighted by molar-refractivity contribution is 5.91. The molecule has 9 rings (SSSR count). The Morgan fingerprint density at radius 3 is 2.12 bits per heavy atom. The minimum absolute atomic E-state index is 0.0897. The Kier molecular flexibility index (Phi) is 7.60. The first-order chi connectivity index (χ1) is 25.2. The second-order valence-electron chi connectivity index (χ2n) is 15.1. The molecule has 12 nitrogen and oxygen atoms in total. The van der Waals surface area contributed by atoms with Crippen molar-refractivity contribution in [2.75, 3.05) is 7.11 Å². The van der Waals surface area contributed by atoms with E-state index in [-0.39, 0.29) is 36.0 Å². The molecule has 0 spiro atoms. The SMILES string of the molecule is COC(=O)N[C@H](C(=O)N1[C@@H]2C[C@H]2C[C@H]1c1nc(-c2ccc(-c3ccc4cc(-c5cnc(C6CC7CC7N6C(=O)O)[nH]5)ccc4c3)cc2)c[nH]1)C(C)C. The van der Waals surface area contributed by atoms with Gasteiger partial charge in [0.2, 0.25) is 5.91 Å². The molecule has 2 aliphatic carbocycles. The molecule has 5 aromatic rings. The number of aromatic nitrogens is 4. The number of methoxy groups -OCH3 is 1. The van der Waals surface area contributed by atoms with Crippen LogP contribution in [0.2, 0.25) is 0 Å². The van der Waals surface area contributed by atoms with E-state index < -0.39 is 18.2 Å². The van der Waals surface area contributed by atoms with Gasteiger partial charge in [0.05, 0.1) is 36.8 Å². The second-order valence-corrected chi connectivity index (χ2v) is 15.1. The lowest BCUT2D eigenvalue weighted by Crippen LogP contribution is -2.52. The maximum Gasteiger partial charge on any atom is 0.408 e. The highest BCUT2D eigenvalue weighted by atomic mass is 16.5. The van der Waals surface area contributed by atoms with Crippen LogP contribution >= 0.6 is 0 Å². The van der Waals surface area contributed by atoms with E-state index in [0.29, 0.717) is 17.7 Å². The maximum absolute atomic E-state index is 13.7. The molecule has 4 aliphatic rings. The van der Waals surface area contributed by atoms with Crippen LogP contribution in [-0.4, -0.2) is 78.2 Å². The number of ether oxygens (including phenoxy) is 1. The minimum Gasteiger partial charge on any atom is -0.465 e. The first kappa shape index (κ1) is 32.3. The molecule has 0 bridgehead atoms. The van der Waals surface area contributed by atoms with Gasteiger partial charge >= 0.3 is 12.2 Å². The standard InChI is InChI=1S/C40H41N7O5/c1-20(2)35(45-39(49)52-3)38(48)46-31-14-27(31)16-33(46)36-41-18-29(43-36)22-6-4-21(5-7-22)23-8-9-25-13-26(11-10-24(25)12-23)30-19-42-37(44-30)34-17-28-15-32(28)47(34)40(50)51/h4-13,18-20,27-28,31-35H,14-17H2,1-3H3,(H,41,43)(H,42,44)(H,45,49)(H,50,51)/t27-,28?,31+,32?,33-,34?,35-/m0/s1. The molecular formula is C40H41N7O5. The lowest BCUT2D eigenvalue weighted by molar-refractivity contribution is -0.136. The number of likely N-dealkylation sites (tertiary alicyclic amines) is 2. The van der Waals surface area contributed by atoms with Crippen molar-refractivity contribution in [3.63, 3.8) is 0 Å². The van der Waals surface area contributed by atoms with Gasteiger partial charge in [-0.1, -0.05) is 62.4 Å². The minimum atomic E-state index is -0.871. The molecule has 3 aromatic carbocycles. The van der Waals surface area contributed by atoms with E-state index in [2.05, 4.69) is 80.9 Å². The molecular weight excluding hydrogens is 658 g/mol. The summed E-state index contributed by atoms with van der Waals surface area (Å²) >= 11 is 0. The van der Waals surface area contributed by atoms with Crippen molar-refractivity contribution < 1.29 is 24.2 Å². The van der Waals surface area contributed by atoms with Gasteiger partial charge in [-0.3, -0.25) is 9.69 Å². The summed E-state index contributed by atoms with van der Waals surface area (Å²) in [5.41, 5.74) is 5.87. The molecule has 4 N–H and O–H groups in total. The van der Waals surface area contributed by atoms with Crippen molar-refractivity contribution >= 4 is 28.9 Å². The zero-order valence-electron chi connectivity index (χ0n) is 29.2.